The van der Waals surface area contributed by atoms with Crippen LogP contribution in [0.1, 0.15) is 31.4 Å². The van der Waals surface area contributed by atoms with Gasteiger partial charge in [-0.15, -0.1) is 0 Å². The van der Waals surface area contributed by atoms with E-state index in [-0.39, 0.29) is 6.04 Å². The maximum Gasteiger partial charge on any atom is 0.119 e. The normalized spacial score (nSPS) is 20.6. The summed E-state index contributed by atoms with van der Waals surface area (Å²) < 4.78 is 5.64. The van der Waals surface area contributed by atoms with Gasteiger partial charge in [-0.3, -0.25) is 9.89 Å². The molecule has 0 saturated carbocycles. The standard InChI is InChI=1S/C16H23N3O/c1-2-20-14-7-5-6-13(12-14)15(16-17-8-9-18-16)19-10-3-4-11-19/h5-7,12,15H,2-4,8-11H2,1H3,(H,17,18). The van der Waals surface area contributed by atoms with E-state index in [0.717, 1.165) is 37.8 Å². The van der Waals surface area contributed by atoms with Crippen molar-refractivity contribution in [3.05, 3.63) is 29.8 Å². The van der Waals surface area contributed by atoms with E-state index in [1.807, 2.05) is 13.0 Å². The number of nitrogens with one attached hydrogen (secondary N) is 1. The number of nitrogens with zero attached hydrogens (tertiary/aromatic N) is 2. The van der Waals surface area contributed by atoms with Crippen molar-refractivity contribution in [2.75, 3.05) is 32.8 Å². The molecule has 0 bridgehead atoms. The Labute approximate surface area is 120 Å². The van der Waals surface area contributed by atoms with Gasteiger partial charge in [0.15, 0.2) is 0 Å². The molecule has 1 unspecified atom stereocenters. The molecule has 1 fully saturated rings. The lowest BCUT2D eigenvalue weighted by Crippen LogP contribution is -2.37. The molecule has 4 nitrogen and oxygen atoms in total. The van der Waals surface area contributed by atoms with Crippen molar-refractivity contribution in [1.29, 1.82) is 0 Å². The van der Waals surface area contributed by atoms with Crippen LogP contribution >= 0.6 is 0 Å². The van der Waals surface area contributed by atoms with Gasteiger partial charge in [0, 0.05) is 6.54 Å². The first-order valence-corrected chi connectivity index (χ1v) is 7.63. The Morgan fingerprint density at radius 3 is 2.90 bits per heavy atom. The van der Waals surface area contributed by atoms with Crippen molar-refractivity contribution in [3.8, 4) is 5.75 Å². The van der Waals surface area contributed by atoms with E-state index in [9.17, 15) is 0 Å². The molecular formula is C16H23N3O. The molecule has 1 aromatic rings. The van der Waals surface area contributed by atoms with E-state index in [0.29, 0.717) is 6.61 Å². The maximum atomic E-state index is 5.64. The van der Waals surface area contributed by atoms with Gasteiger partial charge in [0.05, 0.1) is 19.2 Å². The number of likely N-dealkylation sites (tertiary alicyclic amines) is 1. The van der Waals surface area contributed by atoms with Gasteiger partial charge in [0.1, 0.15) is 11.6 Å². The van der Waals surface area contributed by atoms with Crippen molar-refractivity contribution < 1.29 is 4.74 Å². The number of rotatable bonds is 5. The Balaban J connectivity index is 1.89. The predicted molar refractivity (Wildman–Crippen MR) is 81.5 cm³/mol. The number of hydrogen-bond donors (Lipinski definition) is 1. The number of benzene rings is 1. The van der Waals surface area contributed by atoms with Crippen LogP contribution in [0.15, 0.2) is 29.3 Å². The highest BCUT2D eigenvalue weighted by molar-refractivity contribution is 5.89. The number of ether oxygens (including phenoxy) is 1. The average Bonchev–Trinajstić information content (AvgIpc) is 3.14. The van der Waals surface area contributed by atoms with Crippen molar-refractivity contribution in [2.24, 2.45) is 4.99 Å². The molecule has 0 aromatic heterocycles. The summed E-state index contributed by atoms with van der Waals surface area (Å²) in [5.74, 6) is 2.08. The highest BCUT2D eigenvalue weighted by atomic mass is 16.5. The van der Waals surface area contributed by atoms with Gasteiger partial charge in [0.2, 0.25) is 0 Å². The van der Waals surface area contributed by atoms with Crippen LogP contribution in [0.3, 0.4) is 0 Å². The minimum absolute atomic E-state index is 0.264. The summed E-state index contributed by atoms with van der Waals surface area (Å²) in [7, 11) is 0. The molecule has 1 aromatic carbocycles. The van der Waals surface area contributed by atoms with Gasteiger partial charge in [-0.2, -0.15) is 0 Å². The van der Waals surface area contributed by atoms with Crippen molar-refractivity contribution in [1.82, 2.24) is 10.2 Å². The van der Waals surface area contributed by atoms with Crippen LogP contribution < -0.4 is 10.1 Å². The molecule has 20 heavy (non-hydrogen) atoms. The SMILES string of the molecule is CCOc1cccc(C(C2=NCCN2)N2CCCC2)c1. The first kappa shape index (κ1) is 13.4. The third kappa shape index (κ3) is 2.80. The summed E-state index contributed by atoms with van der Waals surface area (Å²) in [5, 5.41) is 3.45. The average molecular weight is 273 g/mol. The van der Waals surface area contributed by atoms with E-state index < -0.39 is 0 Å². The summed E-state index contributed by atoms with van der Waals surface area (Å²) in [4.78, 5) is 7.19. The second-order valence-electron chi connectivity index (χ2n) is 5.34. The van der Waals surface area contributed by atoms with Gasteiger partial charge in [-0.05, 0) is 50.6 Å². The zero-order valence-corrected chi connectivity index (χ0v) is 12.1. The zero-order valence-electron chi connectivity index (χ0n) is 12.1. The Bertz CT molecular complexity index is 480. The molecule has 2 aliphatic heterocycles. The highest BCUT2D eigenvalue weighted by Gasteiger charge is 2.29. The maximum absolute atomic E-state index is 5.64. The molecule has 4 heteroatoms. The summed E-state index contributed by atoms with van der Waals surface area (Å²) in [5.41, 5.74) is 1.28. The zero-order chi connectivity index (χ0) is 13.8. The van der Waals surface area contributed by atoms with Gasteiger partial charge in [-0.25, -0.2) is 0 Å². The van der Waals surface area contributed by atoms with E-state index >= 15 is 0 Å². The molecule has 1 atom stereocenters. The molecule has 3 rings (SSSR count). The summed E-state index contributed by atoms with van der Waals surface area (Å²) >= 11 is 0. The van der Waals surface area contributed by atoms with Gasteiger partial charge >= 0.3 is 0 Å². The fraction of sp³-hybridized carbons (Fsp3) is 0.562. The monoisotopic (exact) mass is 273 g/mol. The first-order chi connectivity index (χ1) is 9.88. The third-order valence-electron chi connectivity index (χ3n) is 3.95. The smallest absolute Gasteiger partial charge is 0.119 e. The largest absolute Gasteiger partial charge is 0.494 e. The molecule has 1 saturated heterocycles. The quantitative estimate of drug-likeness (QED) is 0.894. The second-order valence-corrected chi connectivity index (χ2v) is 5.34. The molecule has 0 aliphatic carbocycles. The van der Waals surface area contributed by atoms with Crippen molar-refractivity contribution in [3.63, 3.8) is 0 Å². The van der Waals surface area contributed by atoms with E-state index in [2.05, 4.69) is 33.4 Å². The lowest BCUT2D eigenvalue weighted by Gasteiger charge is -2.28. The Morgan fingerprint density at radius 2 is 2.20 bits per heavy atom. The van der Waals surface area contributed by atoms with Gasteiger partial charge in [0.25, 0.3) is 0 Å². The van der Waals surface area contributed by atoms with Crippen molar-refractivity contribution >= 4 is 5.84 Å². The van der Waals surface area contributed by atoms with Crippen LogP contribution in [0.5, 0.6) is 5.75 Å². The molecule has 108 valence electrons. The molecule has 0 amide bonds. The first-order valence-electron chi connectivity index (χ1n) is 7.63. The van der Waals surface area contributed by atoms with E-state index in [4.69, 9.17) is 4.74 Å². The fourth-order valence-electron chi connectivity index (χ4n) is 3.08. The van der Waals surface area contributed by atoms with E-state index in [1.54, 1.807) is 0 Å². The topological polar surface area (TPSA) is 36.9 Å². The predicted octanol–water partition coefficient (Wildman–Crippen LogP) is 2.22. The van der Waals surface area contributed by atoms with Crippen LogP contribution in [0.2, 0.25) is 0 Å². The molecular weight excluding hydrogens is 250 g/mol. The number of hydrogen-bond acceptors (Lipinski definition) is 4. The van der Waals surface area contributed by atoms with Crippen LogP contribution in [0.4, 0.5) is 0 Å². The summed E-state index contributed by atoms with van der Waals surface area (Å²) in [6.07, 6.45) is 2.57. The third-order valence-corrected chi connectivity index (χ3v) is 3.95. The Hall–Kier alpha value is -1.55. The van der Waals surface area contributed by atoms with Crippen LogP contribution in [-0.2, 0) is 0 Å². The number of amidine groups is 1. The Morgan fingerprint density at radius 1 is 1.35 bits per heavy atom. The summed E-state index contributed by atoms with van der Waals surface area (Å²) in [6.45, 7) is 6.90. The lowest BCUT2D eigenvalue weighted by molar-refractivity contribution is 0.298. The van der Waals surface area contributed by atoms with Crippen molar-refractivity contribution in [2.45, 2.75) is 25.8 Å². The fourth-order valence-corrected chi connectivity index (χ4v) is 3.08. The number of aliphatic imine (C=N–C) groups is 1. The Kier molecular flexibility index (Phi) is 4.21. The van der Waals surface area contributed by atoms with Crippen LogP contribution in [-0.4, -0.2) is 43.5 Å². The molecule has 2 heterocycles. The lowest BCUT2D eigenvalue weighted by atomic mass is 10.0. The highest BCUT2D eigenvalue weighted by Crippen LogP contribution is 2.29. The van der Waals surface area contributed by atoms with Gasteiger partial charge < -0.3 is 10.1 Å². The van der Waals surface area contributed by atoms with E-state index in [1.165, 1.54) is 18.4 Å². The minimum atomic E-state index is 0.264. The minimum Gasteiger partial charge on any atom is -0.494 e. The molecule has 2 aliphatic rings. The van der Waals surface area contributed by atoms with Crippen LogP contribution in [0.25, 0.3) is 0 Å². The second kappa shape index (κ2) is 6.27. The summed E-state index contributed by atoms with van der Waals surface area (Å²) in [6, 6.07) is 8.72. The molecule has 0 radical (unpaired) electrons. The molecule has 0 spiro atoms. The van der Waals surface area contributed by atoms with Gasteiger partial charge in [-0.1, -0.05) is 12.1 Å². The van der Waals surface area contributed by atoms with Crippen LogP contribution in [0, 0.1) is 0 Å². The molecule has 1 N–H and O–H groups in total.